The van der Waals surface area contributed by atoms with Gasteiger partial charge >= 0.3 is 0 Å². The molecule has 0 amide bonds. The number of aromatic nitrogens is 2. The molecule has 0 N–H and O–H groups in total. The van der Waals surface area contributed by atoms with E-state index in [0.717, 1.165) is 5.52 Å². The predicted octanol–water partition coefficient (Wildman–Crippen LogP) is 4.22. The van der Waals surface area contributed by atoms with Gasteiger partial charge in [0, 0.05) is 5.39 Å². The van der Waals surface area contributed by atoms with Crippen LogP contribution in [0.4, 0.5) is 0 Å². The lowest BCUT2D eigenvalue weighted by atomic mass is 9.74. The van der Waals surface area contributed by atoms with Crippen molar-refractivity contribution in [2.45, 2.75) is 52.4 Å². The first-order chi connectivity index (χ1) is 8.21. The van der Waals surface area contributed by atoms with Crippen LogP contribution in [-0.2, 0) is 10.8 Å². The van der Waals surface area contributed by atoms with Crippen LogP contribution in [0.3, 0.4) is 0 Å². The number of benzene rings is 1. The van der Waals surface area contributed by atoms with Gasteiger partial charge in [0.2, 0.25) is 0 Å². The summed E-state index contributed by atoms with van der Waals surface area (Å²) in [5.41, 5.74) is 4.01. The highest BCUT2D eigenvalue weighted by Gasteiger charge is 2.27. The summed E-state index contributed by atoms with van der Waals surface area (Å²) in [5, 5.41) is 9.43. The maximum Gasteiger partial charge on any atom is 0.0932 e. The molecule has 0 radical (unpaired) electrons. The summed E-state index contributed by atoms with van der Waals surface area (Å²) in [5.74, 6) is 0. The highest BCUT2D eigenvalue weighted by molar-refractivity contribution is 5.84. The number of hydrogen-bond donors (Lipinski definition) is 0. The van der Waals surface area contributed by atoms with Gasteiger partial charge in [0.15, 0.2) is 0 Å². The van der Waals surface area contributed by atoms with Gasteiger partial charge in [-0.2, -0.15) is 10.2 Å². The van der Waals surface area contributed by atoms with Crippen molar-refractivity contribution in [3.05, 3.63) is 35.5 Å². The monoisotopic (exact) mass is 242 g/mol. The molecule has 0 aliphatic heterocycles. The molecule has 96 valence electrons. The van der Waals surface area contributed by atoms with Crippen molar-refractivity contribution in [2.24, 2.45) is 0 Å². The van der Waals surface area contributed by atoms with Crippen LogP contribution in [-0.4, -0.2) is 10.2 Å². The number of nitrogens with zero attached hydrogens (tertiary/aromatic N) is 2. The van der Waals surface area contributed by atoms with Gasteiger partial charge in [-0.3, -0.25) is 0 Å². The van der Waals surface area contributed by atoms with Crippen molar-refractivity contribution >= 4 is 10.9 Å². The first-order valence-electron chi connectivity index (χ1n) is 6.46. The third-order valence-corrected chi connectivity index (χ3v) is 3.25. The summed E-state index contributed by atoms with van der Waals surface area (Å²) in [7, 11) is 0. The van der Waals surface area contributed by atoms with Crippen molar-refractivity contribution in [1.82, 2.24) is 10.2 Å². The van der Waals surface area contributed by atoms with Gasteiger partial charge in [0.05, 0.1) is 11.7 Å². The molecule has 18 heavy (non-hydrogen) atoms. The molecule has 1 heterocycles. The topological polar surface area (TPSA) is 25.8 Å². The largest absolute Gasteiger partial charge is 0.159 e. The van der Waals surface area contributed by atoms with Gasteiger partial charge in [0.1, 0.15) is 0 Å². The Bertz CT molecular complexity index is 572. The van der Waals surface area contributed by atoms with Crippen LogP contribution >= 0.6 is 0 Å². The lowest BCUT2D eigenvalue weighted by molar-refractivity contribution is 0.534. The van der Waals surface area contributed by atoms with E-state index in [1.807, 2.05) is 0 Å². The Morgan fingerprint density at radius 1 is 0.833 bits per heavy atom. The van der Waals surface area contributed by atoms with Gasteiger partial charge in [-0.15, -0.1) is 0 Å². The maximum atomic E-state index is 4.23. The zero-order valence-corrected chi connectivity index (χ0v) is 12.2. The fourth-order valence-corrected chi connectivity index (χ4v) is 2.50. The molecule has 0 saturated heterocycles. The SMILES string of the molecule is CC(C)(C)c1ccc2nnccc2c1C(C)(C)C. The highest BCUT2D eigenvalue weighted by atomic mass is 15.1. The van der Waals surface area contributed by atoms with E-state index in [4.69, 9.17) is 0 Å². The second kappa shape index (κ2) is 4.04. The van der Waals surface area contributed by atoms with E-state index >= 15 is 0 Å². The second-order valence-corrected chi connectivity index (χ2v) is 6.95. The van der Waals surface area contributed by atoms with Crippen LogP contribution in [0.1, 0.15) is 52.7 Å². The van der Waals surface area contributed by atoms with Crippen molar-refractivity contribution in [2.75, 3.05) is 0 Å². The minimum Gasteiger partial charge on any atom is -0.159 e. The number of hydrogen-bond acceptors (Lipinski definition) is 2. The first-order valence-corrected chi connectivity index (χ1v) is 6.46. The normalized spacial score (nSPS) is 13.0. The first kappa shape index (κ1) is 13.0. The zero-order valence-electron chi connectivity index (χ0n) is 12.2. The molecule has 0 saturated carbocycles. The molecule has 2 rings (SSSR count). The lowest BCUT2D eigenvalue weighted by Crippen LogP contribution is -2.22. The van der Waals surface area contributed by atoms with Crippen LogP contribution in [0.15, 0.2) is 24.4 Å². The minimum absolute atomic E-state index is 0.102. The molecular formula is C16H22N2. The minimum atomic E-state index is 0.102. The molecule has 1 aromatic heterocycles. The molecule has 2 aromatic rings. The smallest absolute Gasteiger partial charge is 0.0932 e. The Hall–Kier alpha value is -1.44. The predicted molar refractivity (Wildman–Crippen MR) is 76.9 cm³/mol. The Kier molecular flexibility index (Phi) is 2.92. The molecular weight excluding hydrogens is 220 g/mol. The highest BCUT2D eigenvalue weighted by Crippen LogP contribution is 2.37. The number of fused-ring (bicyclic) bond motifs is 1. The lowest BCUT2D eigenvalue weighted by Gasteiger charge is -2.31. The van der Waals surface area contributed by atoms with E-state index in [1.54, 1.807) is 6.20 Å². The summed E-state index contributed by atoms with van der Waals surface area (Å²) in [6.45, 7) is 13.6. The summed E-state index contributed by atoms with van der Waals surface area (Å²) in [6, 6.07) is 6.37. The van der Waals surface area contributed by atoms with Gasteiger partial charge in [0.25, 0.3) is 0 Å². The summed E-state index contributed by atoms with van der Waals surface area (Å²) < 4.78 is 0. The molecule has 2 heteroatoms. The van der Waals surface area contributed by atoms with E-state index in [-0.39, 0.29) is 10.8 Å². The molecule has 2 nitrogen and oxygen atoms in total. The van der Waals surface area contributed by atoms with Crippen molar-refractivity contribution < 1.29 is 0 Å². The summed E-state index contributed by atoms with van der Waals surface area (Å²) >= 11 is 0. The van der Waals surface area contributed by atoms with E-state index in [0.29, 0.717) is 0 Å². The Labute approximate surface area is 109 Å². The Morgan fingerprint density at radius 2 is 1.50 bits per heavy atom. The zero-order chi connectivity index (χ0) is 13.6. The molecule has 0 spiro atoms. The molecule has 0 atom stereocenters. The van der Waals surface area contributed by atoms with E-state index in [2.05, 4.69) is 69.9 Å². The standard InChI is InChI=1S/C16H22N2/c1-15(2,3)12-7-8-13-11(9-10-17-18-13)14(12)16(4,5)6/h7-10H,1-6H3. The Balaban J connectivity index is 2.89. The van der Waals surface area contributed by atoms with Gasteiger partial charge in [-0.1, -0.05) is 47.6 Å². The molecule has 0 aliphatic rings. The van der Waals surface area contributed by atoms with Crippen molar-refractivity contribution in [3.63, 3.8) is 0 Å². The molecule has 0 unspecified atom stereocenters. The maximum absolute atomic E-state index is 4.23. The third kappa shape index (κ3) is 2.24. The van der Waals surface area contributed by atoms with Crippen molar-refractivity contribution in [3.8, 4) is 0 Å². The van der Waals surface area contributed by atoms with E-state index in [9.17, 15) is 0 Å². The quantitative estimate of drug-likeness (QED) is 0.691. The summed E-state index contributed by atoms with van der Waals surface area (Å²) in [4.78, 5) is 0. The molecule has 0 fully saturated rings. The van der Waals surface area contributed by atoms with Crippen LogP contribution in [0.25, 0.3) is 10.9 Å². The Morgan fingerprint density at radius 3 is 2.06 bits per heavy atom. The summed E-state index contributed by atoms with van der Waals surface area (Å²) in [6.07, 6.45) is 1.78. The van der Waals surface area contributed by atoms with Crippen LogP contribution in [0.5, 0.6) is 0 Å². The van der Waals surface area contributed by atoms with E-state index < -0.39 is 0 Å². The fraction of sp³-hybridized carbons (Fsp3) is 0.500. The second-order valence-electron chi connectivity index (χ2n) is 6.95. The van der Waals surface area contributed by atoms with Gasteiger partial charge in [-0.25, -0.2) is 0 Å². The van der Waals surface area contributed by atoms with Gasteiger partial charge in [-0.05, 0) is 34.1 Å². The van der Waals surface area contributed by atoms with Crippen LogP contribution < -0.4 is 0 Å². The molecule has 1 aromatic carbocycles. The van der Waals surface area contributed by atoms with E-state index in [1.165, 1.54) is 16.5 Å². The number of rotatable bonds is 0. The van der Waals surface area contributed by atoms with Gasteiger partial charge < -0.3 is 0 Å². The van der Waals surface area contributed by atoms with Crippen LogP contribution in [0, 0.1) is 0 Å². The van der Waals surface area contributed by atoms with Crippen LogP contribution in [0.2, 0.25) is 0 Å². The third-order valence-electron chi connectivity index (χ3n) is 3.25. The molecule has 0 aliphatic carbocycles. The fourth-order valence-electron chi connectivity index (χ4n) is 2.50. The average molecular weight is 242 g/mol. The van der Waals surface area contributed by atoms with Crippen molar-refractivity contribution in [1.29, 1.82) is 0 Å². The molecule has 0 bridgehead atoms. The average Bonchev–Trinajstić information content (AvgIpc) is 2.24.